The van der Waals surface area contributed by atoms with Crippen molar-refractivity contribution in [3.63, 3.8) is 0 Å². The lowest BCUT2D eigenvalue weighted by molar-refractivity contribution is 0.231. The molecule has 0 heterocycles. The van der Waals surface area contributed by atoms with Crippen LogP contribution in [0.1, 0.15) is 27.7 Å². The zero-order valence-corrected chi connectivity index (χ0v) is 14.6. The maximum absolute atomic E-state index is 13.8. The normalized spacial score (nSPS) is 10.7. The van der Waals surface area contributed by atoms with Crippen molar-refractivity contribution < 1.29 is 27.6 Å². The van der Waals surface area contributed by atoms with Crippen molar-refractivity contribution in [1.29, 1.82) is 0 Å². The van der Waals surface area contributed by atoms with E-state index >= 15 is 0 Å². The van der Waals surface area contributed by atoms with Gasteiger partial charge in [0.05, 0.1) is 12.2 Å². The Labute approximate surface area is 147 Å². The standard InChI is InChI=1S/C18H20BF2O4/c1-11(2)22-17-7-5-13(9-15(17)20)24-19-25-14-6-8-18(16(21)10-14)23-12(3)4/h5-12H,1-4H3. The summed E-state index contributed by atoms with van der Waals surface area (Å²) in [6.07, 6.45) is -0.262. The predicted octanol–water partition coefficient (Wildman–Crippen LogP) is 4.53. The molecule has 1 radical (unpaired) electrons. The fourth-order valence-electron chi connectivity index (χ4n) is 1.94. The fourth-order valence-corrected chi connectivity index (χ4v) is 1.94. The summed E-state index contributed by atoms with van der Waals surface area (Å²) in [4.78, 5) is 0. The summed E-state index contributed by atoms with van der Waals surface area (Å²) >= 11 is 0. The van der Waals surface area contributed by atoms with E-state index in [1.165, 1.54) is 24.3 Å². The average molecular weight is 349 g/mol. The second-order valence-electron chi connectivity index (χ2n) is 5.85. The van der Waals surface area contributed by atoms with Crippen molar-refractivity contribution in [1.82, 2.24) is 0 Å². The van der Waals surface area contributed by atoms with Crippen LogP contribution in [0.2, 0.25) is 0 Å². The molecule has 2 aromatic rings. The lowest BCUT2D eigenvalue weighted by Crippen LogP contribution is -2.12. The molecule has 0 bridgehead atoms. The molecule has 0 aromatic heterocycles. The minimum absolute atomic E-state index is 0.131. The maximum Gasteiger partial charge on any atom is 0.658 e. The number of hydrogen-bond donors (Lipinski definition) is 0. The molecular formula is C18H20BF2O4. The molecule has 0 aliphatic carbocycles. The average Bonchev–Trinajstić information content (AvgIpc) is 2.52. The molecule has 0 unspecified atom stereocenters. The van der Waals surface area contributed by atoms with Crippen LogP contribution >= 0.6 is 0 Å². The summed E-state index contributed by atoms with van der Waals surface area (Å²) in [6.45, 7) is 7.23. The van der Waals surface area contributed by atoms with Gasteiger partial charge < -0.3 is 18.8 Å². The second-order valence-corrected chi connectivity index (χ2v) is 5.85. The van der Waals surface area contributed by atoms with Crippen LogP contribution < -0.4 is 18.8 Å². The number of benzene rings is 2. The van der Waals surface area contributed by atoms with Crippen LogP contribution in [0.25, 0.3) is 0 Å². The molecule has 0 N–H and O–H groups in total. The van der Waals surface area contributed by atoms with Gasteiger partial charge in [-0.25, -0.2) is 8.78 Å². The lowest BCUT2D eigenvalue weighted by atomic mass is 10.2. The van der Waals surface area contributed by atoms with Crippen molar-refractivity contribution in [3.8, 4) is 23.0 Å². The summed E-state index contributed by atoms with van der Waals surface area (Å²) in [5.74, 6) is -0.332. The third-order valence-electron chi connectivity index (χ3n) is 2.90. The summed E-state index contributed by atoms with van der Waals surface area (Å²) < 4.78 is 48.7. The number of halogens is 2. The van der Waals surface area contributed by atoms with Gasteiger partial charge in [0, 0.05) is 12.1 Å². The molecule has 0 saturated heterocycles. The van der Waals surface area contributed by atoms with Crippen molar-refractivity contribution in [2.24, 2.45) is 0 Å². The van der Waals surface area contributed by atoms with E-state index in [1.54, 1.807) is 12.1 Å². The van der Waals surface area contributed by atoms with Crippen molar-refractivity contribution >= 4 is 7.69 Å². The Hall–Kier alpha value is -2.44. The molecule has 0 saturated carbocycles. The van der Waals surface area contributed by atoms with E-state index in [-0.39, 0.29) is 35.2 Å². The molecule has 25 heavy (non-hydrogen) atoms. The Bertz CT molecular complexity index is 648. The van der Waals surface area contributed by atoms with Crippen molar-refractivity contribution in [2.45, 2.75) is 39.9 Å². The molecule has 0 fully saturated rings. The highest BCUT2D eigenvalue weighted by atomic mass is 19.1. The first-order valence-corrected chi connectivity index (χ1v) is 7.92. The Balaban J connectivity index is 1.90. The monoisotopic (exact) mass is 349 g/mol. The topological polar surface area (TPSA) is 36.9 Å². The highest BCUT2D eigenvalue weighted by Crippen LogP contribution is 2.25. The summed E-state index contributed by atoms with van der Waals surface area (Å²) in [5, 5.41) is 0. The maximum atomic E-state index is 13.8. The van der Waals surface area contributed by atoms with Gasteiger partial charge in [-0.1, -0.05) is 0 Å². The van der Waals surface area contributed by atoms with Gasteiger partial charge in [-0.2, -0.15) is 0 Å². The predicted molar refractivity (Wildman–Crippen MR) is 91.3 cm³/mol. The van der Waals surface area contributed by atoms with E-state index < -0.39 is 11.6 Å². The van der Waals surface area contributed by atoms with Gasteiger partial charge in [0.1, 0.15) is 11.5 Å². The molecule has 0 atom stereocenters. The Morgan fingerprint density at radius 3 is 1.44 bits per heavy atom. The van der Waals surface area contributed by atoms with Crippen LogP contribution in [0.5, 0.6) is 23.0 Å². The van der Waals surface area contributed by atoms with E-state index in [1.807, 2.05) is 27.7 Å². The largest absolute Gasteiger partial charge is 0.658 e. The smallest absolute Gasteiger partial charge is 0.526 e. The molecule has 2 rings (SSSR count). The van der Waals surface area contributed by atoms with E-state index in [9.17, 15) is 8.78 Å². The van der Waals surface area contributed by atoms with Crippen LogP contribution in [0.3, 0.4) is 0 Å². The van der Waals surface area contributed by atoms with Crippen LogP contribution in [-0.4, -0.2) is 19.9 Å². The minimum atomic E-state index is -0.541. The molecule has 7 heteroatoms. The van der Waals surface area contributed by atoms with Crippen molar-refractivity contribution in [2.75, 3.05) is 0 Å². The van der Waals surface area contributed by atoms with Gasteiger partial charge in [0.2, 0.25) is 0 Å². The van der Waals surface area contributed by atoms with Gasteiger partial charge in [-0.05, 0) is 52.0 Å². The van der Waals surface area contributed by atoms with Crippen LogP contribution in [0.15, 0.2) is 36.4 Å². The van der Waals surface area contributed by atoms with Crippen LogP contribution in [0.4, 0.5) is 8.78 Å². The Kier molecular flexibility index (Phi) is 6.50. The quantitative estimate of drug-likeness (QED) is 0.656. The molecule has 0 amide bonds. The number of ether oxygens (including phenoxy) is 2. The number of rotatable bonds is 8. The highest BCUT2D eigenvalue weighted by Gasteiger charge is 2.11. The van der Waals surface area contributed by atoms with E-state index in [0.29, 0.717) is 0 Å². The Morgan fingerprint density at radius 1 is 0.720 bits per heavy atom. The Morgan fingerprint density at radius 2 is 1.12 bits per heavy atom. The first-order valence-electron chi connectivity index (χ1n) is 7.92. The molecule has 2 aromatic carbocycles. The third-order valence-corrected chi connectivity index (χ3v) is 2.90. The summed E-state index contributed by atoms with van der Waals surface area (Å²) in [5.41, 5.74) is 0. The van der Waals surface area contributed by atoms with Crippen molar-refractivity contribution in [3.05, 3.63) is 48.0 Å². The fraction of sp³-hybridized carbons (Fsp3) is 0.333. The third kappa shape index (κ3) is 5.85. The van der Waals surface area contributed by atoms with Gasteiger partial charge in [0.15, 0.2) is 23.1 Å². The SMILES string of the molecule is CC(C)Oc1ccc(O[B]Oc2ccc(OC(C)C)c(F)c2)cc1F. The molecular weight excluding hydrogens is 329 g/mol. The van der Waals surface area contributed by atoms with Crippen LogP contribution in [-0.2, 0) is 0 Å². The zero-order chi connectivity index (χ0) is 18.4. The van der Waals surface area contributed by atoms with E-state index in [4.69, 9.17) is 18.8 Å². The molecule has 0 aliphatic heterocycles. The lowest BCUT2D eigenvalue weighted by Gasteiger charge is -2.13. The van der Waals surface area contributed by atoms with E-state index in [0.717, 1.165) is 7.69 Å². The molecule has 0 aliphatic rings. The first kappa shape index (κ1) is 18.9. The van der Waals surface area contributed by atoms with Crippen LogP contribution in [0, 0.1) is 11.6 Å². The molecule has 4 nitrogen and oxygen atoms in total. The molecule has 133 valence electrons. The minimum Gasteiger partial charge on any atom is -0.526 e. The second kappa shape index (κ2) is 8.60. The number of hydrogen-bond acceptors (Lipinski definition) is 4. The van der Waals surface area contributed by atoms with E-state index in [2.05, 4.69) is 0 Å². The summed E-state index contributed by atoms with van der Waals surface area (Å²) in [7, 11) is 0.996. The zero-order valence-electron chi connectivity index (χ0n) is 14.6. The van der Waals surface area contributed by atoms with Gasteiger partial charge in [0.25, 0.3) is 0 Å². The van der Waals surface area contributed by atoms with Gasteiger partial charge in [-0.3, -0.25) is 0 Å². The molecule has 0 spiro atoms. The van der Waals surface area contributed by atoms with Gasteiger partial charge in [-0.15, -0.1) is 0 Å². The van der Waals surface area contributed by atoms with Gasteiger partial charge >= 0.3 is 7.69 Å². The summed E-state index contributed by atoms with van der Waals surface area (Å²) in [6, 6.07) is 8.38. The highest BCUT2D eigenvalue weighted by molar-refractivity contribution is 6.20. The first-order chi connectivity index (χ1) is 11.8.